The van der Waals surface area contributed by atoms with E-state index in [2.05, 4.69) is 17.0 Å². The molecule has 1 aromatic carbocycles. The molecule has 2 rings (SSSR count). The Hall–Kier alpha value is -2.63. The number of halogens is 1. The van der Waals surface area contributed by atoms with Crippen molar-refractivity contribution in [2.75, 3.05) is 0 Å². The fraction of sp³-hybridized carbons (Fsp3) is 0.143. The molecule has 0 saturated heterocycles. The molecular formula is C14H14FN3O2. The Morgan fingerprint density at radius 2 is 2.20 bits per heavy atom. The zero-order chi connectivity index (χ0) is 14.5. The average molecular weight is 275 g/mol. The molecule has 0 radical (unpaired) electrons. The second-order valence-electron chi connectivity index (χ2n) is 4.22. The van der Waals surface area contributed by atoms with Gasteiger partial charge in [0.15, 0.2) is 0 Å². The van der Waals surface area contributed by atoms with Gasteiger partial charge in [0.25, 0.3) is 0 Å². The van der Waals surface area contributed by atoms with Crippen molar-refractivity contribution < 1.29 is 14.3 Å². The van der Waals surface area contributed by atoms with Crippen LogP contribution in [0.4, 0.5) is 9.18 Å². The van der Waals surface area contributed by atoms with E-state index in [0.29, 0.717) is 12.1 Å². The van der Waals surface area contributed by atoms with Crippen molar-refractivity contribution in [3.8, 4) is 5.69 Å². The third kappa shape index (κ3) is 3.23. The highest BCUT2D eigenvalue weighted by molar-refractivity contribution is 5.65. The lowest BCUT2D eigenvalue weighted by molar-refractivity contribution is 0.190. The molecule has 1 aromatic heterocycles. The molecule has 0 fully saturated rings. The van der Waals surface area contributed by atoms with Crippen LogP contribution in [0, 0.1) is 5.82 Å². The van der Waals surface area contributed by atoms with E-state index in [-0.39, 0.29) is 5.82 Å². The Morgan fingerprint density at radius 3 is 2.80 bits per heavy atom. The van der Waals surface area contributed by atoms with Gasteiger partial charge in [0, 0.05) is 11.8 Å². The van der Waals surface area contributed by atoms with E-state index in [1.54, 1.807) is 35.3 Å². The Kier molecular flexibility index (Phi) is 4.14. The van der Waals surface area contributed by atoms with Crippen LogP contribution in [0.5, 0.6) is 0 Å². The largest absolute Gasteiger partial charge is 0.465 e. The van der Waals surface area contributed by atoms with Crippen molar-refractivity contribution in [2.45, 2.75) is 12.5 Å². The summed E-state index contributed by atoms with van der Waals surface area (Å²) in [4.78, 5) is 10.8. The number of aromatic nitrogens is 2. The first kappa shape index (κ1) is 13.8. The molecule has 104 valence electrons. The zero-order valence-corrected chi connectivity index (χ0v) is 10.7. The Balaban J connectivity index is 2.23. The number of hydrogen-bond donors (Lipinski definition) is 2. The standard InChI is InChI=1S/C14H14FN3O2/c1-2-3-13(17-14(19)20)10-8-16-18(9-10)12-6-4-11(15)5-7-12/h2,4-9,13,17H,1,3H2,(H,19,20). The van der Waals surface area contributed by atoms with Gasteiger partial charge in [0.2, 0.25) is 0 Å². The van der Waals surface area contributed by atoms with E-state index in [9.17, 15) is 9.18 Å². The first-order chi connectivity index (χ1) is 9.60. The molecule has 0 spiro atoms. The van der Waals surface area contributed by atoms with Gasteiger partial charge in [0.05, 0.1) is 17.9 Å². The quantitative estimate of drug-likeness (QED) is 0.824. The molecule has 1 unspecified atom stereocenters. The average Bonchev–Trinajstić information content (AvgIpc) is 2.88. The normalized spacial score (nSPS) is 11.8. The summed E-state index contributed by atoms with van der Waals surface area (Å²) < 4.78 is 14.4. The van der Waals surface area contributed by atoms with Crippen LogP contribution >= 0.6 is 0 Å². The maximum atomic E-state index is 12.9. The van der Waals surface area contributed by atoms with Gasteiger partial charge in [-0.2, -0.15) is 5.10 Å². The van der Waals surface area contributed by atoms with Gasteiger partial charge < -0.3 is 10.4 Å². The van der Waals surface area contributed by atoms with Crippen molar-refractivity contribution in [1.29, 1.82) is 0 Å². The number of nitrogens with one attached hydrogen (secondary N) is 1. The molecule has 5 nitrogen and oxygen atoms in total. The van der Waals surface area contributed by atoms with Crippen molar-refractivity contribution >= 4 is 6.09 Å². The van der Waals surface area contributed by atoms with Gasteiger partial charge >= 0.3 is 6.09 Å². The molecule has 0 aliphatic rings. The summed E-state index contributed by atoms with van der Waals surface area (Å²) in [5.74, 6) is -0.321. The molecule has 0 aliphatic heterocycles. The molecule has 20 heavy (non-hydrogen) atoms. The molecule has 1 atom stereocenters. The van der Waals surface area contributed by atoms with Crippen LogP contribution in [0.3, 0.4) is 0 Å². The minimum Gasteiger partial charge on any atom is -0.465 e. The summed E-state index contributed by atoms with van der Waals surface area (Å²) in [6.45, 7) is 3.61. The monoisotopic (exact) mass is 275 g/mol. The smallest absolute Gasteiger partial charge is 0.405 e. The third-order valence-electron chi connectivity index (χ3n) is 2.80. The van der Waals surface area contributed by atoms with Gasteiger partial charge in [0.1, 0.15) is 5.82 Å². The predicted molar refractivity (Wildman–Crippen MR) is 72.2 cm³/mol. The summed E-state index contributed by atoms with van der Waals surface area (Å²) in [6, 6.07) is 5.47. The van der Waals surface area contributed by atoms with Crippen molar-refractivity contribution in [3.05, 3.63) is 60.7 Å². The first-order valence-corrected chi connectivity index (χ1v) is 6.01. The van der Waals surface area contributed by atoms with Crippen molar-refractivity contribution in [3.63, 3.8) is 0 Å². The maximum Gasteiger partial charge on any atom is 0.405 e. The second-order valence-corrected chi connectivity index (χ2v) is 4.22. The van der Waals surface area contributed by atoms with E-state index in [1.165, 1.54) is 12.1 Å². The van der Waals surface area contributed by atoms with Crippen molar-refractivity contribution in [2.24, 2.45) is 0 Å². The van der Waals surface area contributed by atoms with Crippen LogP contribution in [0.15, 0.2) is 49.3 Å². The van der Waals surface area contributed by atoms with Crippen LogP contribution in [0.1, 0.15) is 18.0 Å². The van der Waals surface area contributed by atoms with Crippen LogP contribution in [-0.2, 0) is 0 Å². The SMILES string of the molecule is C=CCC(NC(=O)O)c1cnn(-c2ccc(F)cc2)c1. The predicted octanol–water partition coefficient (Wildman–Crippen LogP) is 2.90. The molecule has 1 heterocycles. The molecule has 2 N–H and O–H groups in total. The van der Waals surface area contributed by atoms with Gasteiger partial charge in [-0.15, -0.1) is 6.58 Å². The second kappa shape index (κ2) is 6.01. The number of nitrogens with zero attached hydrogens (tertiary/aromatic N) is 2. The highest BCUT2D eigenvalue weighted by Crippen LogP contribution is 2.18. The summed E-state index contributed by atoms with van der Waals surface area (Å²) >= 11 is 0. The summed E-state index contributed by atoms with van der Waals surface area (Å²) in [7, 11) is 0. The summed E-state index contributed by atoms with van der Waals surface area (Å²) in [5, 5.41) is 15.4. The Bertz CT molecular complexity index is 607. The van der Waals surface area contributed by atoms with E-state index < -0.39 is 12.1 Å². The highest BCUT2D eigenvalue weighted by atomic mass is 19.1. The minimum atomic E-state index is -1.11. The van der Waals surface area contributed by atoms with E-state index in [4.69, 9.17) is 5.11 Å². The Labute approximate surface area is 115 Å². The number of benzene rings is 1. The minimum absolute atomic E-state index is 0.321. The lowest BCUT2D eigenvalue weighted by atomic mass is 10.1. The first-order valence-electron chi connectivity index (χ1n) is 6.01. The van der Waals surface area contributed by atoms with Gasteiger partial charge in [-0.3, -0.25) is 0 Å². The molecule has 1 amide bonds. The lowest BCUT2D eigenvalue weighted by Gasteiger charge is -2.12. The number of carboxylic acid groups (broad SMARTS) is 1. The number of rotatable bonds is 5. The highest BCUT2D eigenvalue weighted by Gasteiger charge is 2.14. The topological polar surface area (TPSA) is 67.2 Å². The lowest BCUT2D eigenvalue weighted by Crippen LogP contribution is -2.26. The third-order valence-corrected chi connectivity index (χ3v) is 2.80. The zero-order valence-electron chi connectivity index (χ0n) is 10.7. The summed E-state index contributed by atoms with van der Waals surface area (Å²) in [5.41, 5.74) is 1.42. The number of carbonyl (C=O) groups is 1. The van der Waals surface area contributed by atoms with Crippen LogP contribution < -0.4 is 5.32 Å². The maximum absolute atomic E-state index is 12.9. The number of amides is 1. The van der Waals surface area contributed by atoms with Gasteiger partial charge in [-0.05, 0) is 30.7 Å². The van der Waals surface area contributed by atoms with Crippen LogP contribution in [0.25, 0.3) is 5.69 Å². The fourth-order valence-electron chi connectivity index (χ4n) is 1.85. The van der Waals surface area contributed by atoms with E-state index in [1.807, 2.05) is 0 Å². The van der Waals surface area contributed by atoms with Gasteiger partial charge in [-0.25, -0.2) is 13.9 Å². The van der Waals surface area contributed by atoms with E-state index in [0.717, 1.165) is 5.56 Å². The molecule has 6 heteroatoms. The van der Waals surface area contributed by atoms with Gasteiger partial charge in [-0.1, -0.05) is 6.08 Å². The number of hydrogen-bond acceptors (Lipinski definition) is 2. The van der Waals surface area contributed by atoms with Crippen LogP contribution in [-0.4, -0.2) is 21.0 Å². The fourth-order valence-corrected chi connectivity index (χ4v) is 1.85. The molecular weight excluding hydrogens is 261 g/mol. The Morgan fingerprint density at radius 1 is 1.50 bits per heavy atom. The summed E-state index contributed by atoms with van der Waals surface area (Å²) in [6.07, 6.45) is 4.27. The van der Waals surface area contributed by atoms with Crippen molar-refractivity contribution in [1.82, 2.24) is 15.1 Å². The van der Waals surface area contributed by atoms with E-state index >= 15 is 0 Å². The molecule has 0 bridgehead atoms. The molecule has 2 aromatic rings. The van der Waals surface area contributed by atoms with Crippen LogP contribution in [0.2, 0.25) is 0 Å². The molecule has 0 aliphatic carbocycles. The molecule has 0 saturated carbocycles.